The van der Waals surface area contributed by atoms with Gasteiger partial charge in [-0.25, -0.2) is 0 Å². The number of hydrogen-bond acceptors (Lipinski definition) is 0. The Morgan fingerprint density at radius 2 is 1.14 bits per heavy atom. The van der Waals surface area contributed by atoms with Gasteiger partial charge in [0.25, 0.3) is 0 Å². The van der Waals surface area contributed by atoms with Crippen LogP contribution < -0.4 is 0 Å². The Bertz CT molecular complexity index is 461. The van der Waals surface area contributed by atoms with Crippen LogP contribution in [0.5, 0.6) is 0 Å². The van der Waals surface area contributed by atoms with Crippen molar-refractivity contribution in [2.75, 3.05) is 0 Å². The second-order valence-electron chi connectivity index (χ2n) is 9.99. The zero-order valence-corrected chi connectivity index (χ0v) is 14.8. The van der Waals surface area contributed by atoms with Gasteiger partial charge in [0.05, 0.1) is 0 Å². The predicted octanol–water partition coefficient (Wildman–Crippen LogP) is 5.19. The van der Waals surface area contributed by atoms with Gasteiger partial charge in [-0.3, -0.25) is 0 Å². The van der Waals surface area contributed by atoms with Crippen molar-refractivity contribution in [1.82, 2.24) is 0 Å². The molecule has 0 bridgehead atoms. The molecule has 0 heterocycles. The van der Waals surface area contributed by atoms with Crippen LogP contribution in [0.3, 0.4) is 0 Å². The van der Waals surface area contributed by atoms with Crippen LogP contribution in [-0.2, 0) is 0 Å². The number of rotatable bonds is 4. The first-order valence-corrected chi connectivity index (χ1v) is 10.0. The molecule has 0 aromatic heterocycles. The van der Waals surface area contributed by atoms with Crippen molar-refractivity contribution in [2.24, 2.45) is 82.9 Å². The zero-order chi connectivity index (χ0) is 14.8. The molecule has 0 spiro atoms. The van der Waals surface area contributed by atoms with E-state index in [1.165, 1.54) is 6.42 Å². The summed E-state index contributed by atoms with van der Waals surface area (Å²) in [5.41, 5.74) is 0. The van der Waals surface area contributed by atoms with Crippen LogP contribution in [0.2, 0.25) is 0 Å². The number of fused-ring (bicyclic) bond motifs is 2. The molecule has 0 aromatic rings. The van der Waals surface area contributed by atoms with Gasteiger partial charge in [0.15, 0.2) is 0 Å². The monoisotopic (exact) mass is 286 g/mol. The lowest BCUT2D eigenvalue weighted by molar-refractivity contribution is -0.0381. The average Bonchev–Trinajstić information content (AvgIpc) is 3.32. The van der Waals surface area contributed by atoms with Crippen molar-refractivity contribution in [2.45, 2.75) is 48.0 Å². The molecule has 21 heavy (non-hydrogen) atoms. The second kappa shape index (κ2) is 3.90. The summed E-state index contributed by atoms with van der Waals surface area (Å²) in [6, 6.07) is 0. The first-order valence-electron chi connectivity index (χ1n) is 10.0. The molecule has 0 aliphatic heterocycles. The van der Waals surface area contributed by atoms with Crippen molar-refractivity contribution < 1.29 is 0 Å². The van der Waals surface area contributed by atoms with E-state index in [1.54, 1.807) is 0 Å². The van der Waals surface area contributed by atoms with Gasteiger partial charge in [0.2, 0.25) is 0 Å². The van der Waals surface area contributed by atoms with Crippen molar-refractivity contribution in [3.05, 3.63) is 0 Å². The second-order valence-corrected chi connectivity index (χ2v) is 9.99. The Kier molecular flexibility index (Phi) is 2.50. The van der Waals surface area contributed by atoms with Gasteiger partial charge in [-0.05, 0) is 82.9 Å². The maximum atomic E-state index is 2.65. The summed E-state index contributed by atoms with van der Waals surface area (Å²) in [5.74, 6) is 15.5. The van der Waals surface area contributed by atoms with Gasteiger partial charge in [0, 0.05) is 0 Å². The Morgan fingerprint density at radius 3 is 1.67 bits per heavy atom. The molecule has 0 amide bonds. The van der Waals surface area contributed by atoms with Crippen molar-refractivity contribution in [3.8, 4) is 0 Å². The minimum Gasteiger partial charge on any atom is -0.0651 e. The molecule has 0 aromatic carbocycles. The average molecular weight is 287 g/mol. The predicted molar refractivity (Wildman–Crippen MR) is 87.5 cm³/mol. The van der Waals surface area contributed by atoms with E-state index in [0.717, 1.165) is 82.9 Å². The molecule has 0 N–H and O–H groups in total. The van der Waals surface area contributed by atoms with E-state index in [9.17, 15) is 0 Å². The standard InChI is InChI=1S/C21H34/c1-7-13-8(2)14(13)9(3)18-17-12(6)20(17)21(18)19-11(5)15-10(4)16(15)19/h8-21H,7H2,1-6H3. The minimum absolute atomic E-state index is 1.03. The quantitative estimate of drug-likeness (QED) is 0.667. The Labute approximate surface area is 131 Å². The van der Waals surface area contributed by atoms with Crippen LogP contribution in [0.1, 0.15) is 48.0 Å². The SMILES string of the molecule is CCC1C(C)C1C(C)C1C2C(C)C2C1C1C(C)C2C(C)C21. The molecule has 0 saturated heterocycles. The van der Waals surface area contributed by atoms with E-state index in [4.69, 9.17) is 0 Å². The van der Waals surface area contributed by atoms with Crippen molar-refractivity contribution >= 4 is 0 Å². The summed E-state index contributed by atoms with van der Waals surface area (Å²) in [6.07, 6.45) is 1.43. The van der Waals surface area contributed by atoms with E-state index < -0.39 is 0 Å². The largest absolute Gasteiger partial charge is 0.0651 e. The molecule has 5 rings (SSSR count). The van der Waals surface area contributed by atoms with Crippen molar-refractivity contribution in [1.29, 1.82) is 0 Å². The first kappa shape index (κ1) is 13.4. The van der Waals surface area contributed by atoms with Gasteiger partial charge >= 0.3 is 0 Å². The summed E-state index contributed by atoms with van der Waals surface area (Å²) >= 11 is 0. The maximum absolute atomic E-state index is 2.65. The highest BCUT2D eigenvalue weighted by Crippen LogP contribution is 2.81. The third-order valence-corrected chi connectivity index (χ3v) is 9.79. The van der Waals surface area contributed by atoms with Crippen molar-refractivity contribution in [3.63, 3.8) is 0 Å². The lowest BCUT2D eigenvalue weighted by Gasteiger charge is -2.51. The topological polar surface area (TPSA) is 0 Å². The smallest absolute Gasteiger partial charge is 0.0313 e. The molecular formula is C21H34. The molecule has 5 saturated carbocycles. The molecule has 0 nitrogen and oxygen atoms in total. The Balaban J connectivity index is 1.35. The van der Waals surface area contributed by atoms with Crippen LogP contribution in [0, 0.1) is 82.9 Å². The Hall–Kier alpha value is 0. The van der Waals surface area contributed by atoms with Gasteiger partial charge in [0.1, 0.15) is 0 Å². The molecule has 14 unspecified atom stereocenters. The highest BCUT2D eigenvalue weighted by Gasteiger charge is 2.77. The summed E-state index contributed by atoms with van der Waals surface area (Å²) in [6.45, 7) is 15.3. The van der Waals surface area contributed by atoms with Crippen LogP contribution in [-0.4, -0.2) is 0 Å². The lowest BCUT2D eigenvalue weighted by Crippen LogP contribution is -2.47. The summed E-state index contributed by atoms with van der Waals surface area (Å²) in [7, 11) is 0. The summed E-state index contributed by atoms with van der Waals surface area (Å²) in [5, 5.41) is 0. The first-order chi connectivity index (χ1) is 10.0. The molecule has 14 atom stereocenters. The van der Waals surface area contributed by atoms with Gasteiger partial charge < -0.3 is 0 Å². The van der Waals surface area contributed by atoms with Crippen LogP contribution in [0.15, 0.2) is 0 Å². The van der Waals surface area contributed by atoms with E-state index in [2.05, 4.69) is 41.5 Å². The Morgan fingerprint density at radius 1 is 0.619 bits per heavy atom. The molecular weight excluding hydrogens is 252 g/mol. The maximum Gasteiger partial charge on any atom is -0.0313 e. The van der Waals surface area contributed by atoms with Crippen LogP contribution in [0.25, 0.3) is 0 Å². The van der Waals surface area contributed by atoms with Gasteiger partial charge in [-0.15, -0.1) is 0 Å². The molecule has 0 radical (unpaired) electrons. The third-order valence-electron chi connectivity index (χ3n) is 9.79. The molecule has 5 aliphatic carbocycles. The zero-order valence-electron chi connectivity index (χ0n) is 14.8. The molecule has 5 aliphatic rings. The highest BCUT2D eigenvalue weighted by atomic mass is 14.8. The van der Waals surface area contributed by atoms with Gasteiger partial charge in [-0.2, -0.15) is 0 Å². The van der Waals surface area contributed by atoms with E-state index in [1.807, 2.05) is 0 Å². The minimum atomic E-state index is 1.03. The fourth-order valence-corrected chi connectivity index (χ4v) is 8.70. The number of hydrogen-bond donors (Lipinski definition) is 0. The lowest BCUT2D eigenvalue weighted by atomic mass is 9.54. The third kappa shape index (κ3) is 1.40. The summed E-state index contributed by atoms with van der Waals surface area (Å²) in [4.78, 5) is 0. The van der Waals surface area contributed by atoms with E-state index >= 15 is 0 Å². The molecule has 5 fully saturated rings. The molecule has 0 heteroatoms. The fourth-order valence-electron chi connectivity index (χ4n) is 8.70. The fraction of sp³-hybridized carbons (Fsp3) is 1.00. The van der Waals surface area contributed by atoms with Gasteiger partial charge in [-0.1, -0.05) is 48.0 Å². The van der Waals surface area contributed by atoms with Crippen LogP contribution in [0.4, 0.5) is 0 Å². The highest BCUT2D eigenvalue weighted by molar-refractivity contribution is 5.24. The van der Waals surface area contributed by atoms with E-state index in [-0.39, 0.29) is 0 Å². The normalized spacial score (nSPS) is 70.9. The van der Waals surface area contributed by atoms with E-state index in [0.29, 0.717) is 0 Å². The summed E-state index contributed by atoms with van der Waals surface area (Å²) < 4.78 is 0. The molecule has 118 valence electrons. The van der Waals surface area contributed by atoms with Crippen LogP contribution >= 0.6 is 0 Å².